The van der Waals surface area contributed by atoms with Gasteiger partial charge in [0.15, 0.2) is 0 Å². The molecule has 1 heterocycles. The van der Waals surface area contributed by atoms with E-state index in [1.165, 1.54) is 0 Å². The minimum Gasteiger partial charge on any atom is -0.496 e. The number of benzene rings is 1. The van der Waals surface area contributed by atoms with E-state index in [2.05, 4.69) is 18.3 Å². The quantitative estimate of drug-likeness (QED) is 0.909. The van der Waals surface area contributed by atoms with Gasteiger partial charge in [0.2, 0.25) is 5.91 Å². The van der Waals surface area contributed by atoms with Gasteiger partial charge in [-0.15, -0.1) is 12.4 Å². The number of ether oxygens (including phenoxy) is 1. The van der Waals surface area contributed by atoms with Gasteiger partial charge in [0.1, 0.15) is 5.75 Å². The summed E-state index contributed by atoms with van der Waals surface area (Å²) in [6, 6.07) is 8.04. The lowest BCUT2D eigenvalue weighted by Gasteiger charge is -2.37. The lowest BCUT2D eigenvalue weighted by molar-refractivity contribution is -0.134. The van der Waals surface area contributed by atoms with Crippen LogP contribution in [0.3, 0.4) is 0 Å². The molecule has 1 aliphatic rings. The van der Waals surface area contributed by atoms with E-state index < -0.39 is 0 Å². The Kier molecular flexibility index (Phi) is 7.54. The normalized spacial score (nSPS) is 18.0. The lowest BCUT2D eigenvalue weighted by atomic mass is 10.0. The maximum atomic E-state index is 12.4. The summed E-state index contributed by atoms with van der Waals surface area (Å²) in [7, 11) is 1.68. The van der Waals surface area contributed by atoms with E-state index in [9.17, 15) is 4.79 Å². The fraction of sp³-hybridized carbons (Fsp3) is 0.562. The molecule has 0 saturated carbocycles. The second-order valence-corrected chi connectivity index (χ2v) is 5.15. The Hall–Kier alpha value is -1.26. The Morgan fingerprint density at radius 2 is 2.19 bits per heavy atom. The number of hydrogen-bond acceptors (Lipinski definition) is 3. The molecule has 5 heteroatoms. The molecule has 1 fully saturated rings. The molecule has 0 aromatic heterocycles. The Balaban J connectivity index is 0.00000220. The molecular formula is C16H25ClN2O2. The van der Waals surface area contributed by atoms with E-state index in [0.717, 1.165) is 43.8 Å². The SMILES string of the molecule is CCCCC(=O)N1CCNCC1c1ccccc1OC.Cl. The molecule has 1 N–H and O–H groups in total. The average Bonchev–Trinajstić information content (AvgIpc) is 2.52. The summed E-state index contributed by atoms with van der Waals surface area (Å²) in [5.74, 6) is 1.11. The summed E-state index contributed by atoms with van der Waals surface area (Å²) < 4.78 is 5.44. The number of methoxy groups -OCH3 is 1. The third-order valence-electron chi connectivity index (χ3n) is 3.81. The van der Waals surface area contributed by atoms with E-state index in [1.54, 1.807) is 7.11 Å². The molecule has 0 spiro atoms. The van der Waals surface area contributed by atoms with Crippen LogP contribution in [0.5, 0.6) is 5.75 Å². The van der Waals surface area contributed by atoms with E-state index in [-0.39, 0.29) is 24.4 Å². The van der Waals surface area contributed by atoms with Gasteiger partial charge in [-0.2, -0.15) is 0 Å². The van der Waals surface area contributed by atoms with Crippen LogP contribution < -0.4 is 10.1 Å². The summed E-state index contributed by atoms with van der Waals surface area (Å²) in [5, 5.41) is 3.38. The summed E-state index contributed by atoms with van der Waals surface area (Å²) in [6.45, 7) is 4.54. The highest BCUT2D eigenvalue weighted by Crippen LogP contribution is 2.30. The number of piperazine rings is 1. The number of para-hydroxylation sites is 1. The predicted octanol–water partition coefficient (Wildman–Crippen LogP) is 2.78. The van der Waals surface area contributed by atoms with Crippen LogP contribution >= 0.6 is 12.4 Å². The summed E-state index contributed by atoms with van der Waals surface area (Å²) in [5.41, 5.74) is 1.09. The second-order valence-electron chi connectivity index (χ2n) is 5.15. The van der Waals surface area contributed by atoms with Crippen LogP contribution in [-0.2, 0) is 4.79 Å². The van der Waals surface area contributed by atoms with Crippen LogP contribution in [0.2, 0.25) is 0 Å². The van der Waals surface area contributed by atoms with Crippen molar-refractivity contribution in [1.29, 1.82) is 0 Å². The molecule has 1 atom stereocenters. The van der Waals surface area contributed by atoms with Crippen LogP contribution in [0.15, 0.2) is 24.3 Å². The van der Waals surface area contributed by atoms with Gasteiger partial charge in [0, 0.05) is 31.6 Å². The first-order chi connectivity index (χ1) is 9.77. The zero-order valence-electron chi connectivity index (χ0n) is 12.8. The number of amides is 1. The van der Waals surface area contributed by atoms with Crippen molar-refractivity contribution in [1.82, 2.24) is 10.2 Å². The number of rotatable bonds is 5. The molecule has 1 aromatic carbocycles. The van der Waals surface area contributed by atoms with Crippen molar-refractivity contribution in [3.63, 3.8) is 0 Å². The van der Waals surface area contributed by atoms with Crippen molar-refractivity contribution in [3.05, 3.63) is 29.8 Å². The standard InChI is InChI=1S/C16H24N2O2.ClH/c1-3-4-9-16(19)18-11-10-17-12-14(18)13-7-5-6-8-15(13)20-2;/h5-8,14,17H,3-4,9-12H2,1-2H3;1H. The summed E-state index contributed by atoms with van der Waals surface area (Å²) in [6.07, 6.45) is 2.65. The Labute approximate surface area is 133 Å². The smallest absolute Gasteiger partial charge is 0.223 e. The van der Waals surface area contributed by atoms with Gasteiger partial charge >= 0.3 is 0 Å². The first-order valence-corrected chi connectivity index (χ1v) is 7.41. The molecule has 118 valence electrons. The molecule has 2 rings (SSSR count). The monoisotopic (exact) mass is 312 g/mol. The molecule has 1 aliphatic heterocycles. The molecule has 0 bridgehead atoms. The fourth-order valence-corrected chi connectivity index (χ4v) is 2.69. The fourth-order valence-electron chi connectivity index (χ4n) is 2.69. The topological polar surface area (TPSA) is 41.6 Å². The van der Waals surface area contributed by atoms with E-state index >= 15 is 0 Å². The molecule has 0 aliphatic carbocycles. The van der Waals surface area contributed by atoms with Gasteiger partial charge in [-0.25, -0.2) is 0 Å². The van der Waals surface area contributed by atoms with Crippen molar-refractivity contribution in [2.75, 3.05) is 26.7 Å². The molecule has 21 heavy (non-hydrogen) atoms. The largest absolute Gasteiger partial charge is 0.496 e. The number of nitrogens with zero attached hydrogens (tertiary/aromatic N) is 1. The highest BCUT2D eigenvalue weighted by molar-refractivity contribution is 5.85. The second kappa shape index (κ2) is 8.90. The van der Waals surface area contributed by atoms with Crippen molar-refractivity contribution in [3.8, 4) is 5.75 Å². The Bertz CT molecular complexity index is 454. The van der Waals surface area contributed by atoms with E-state index in [1.807, 2.05) is 23.1 Å². The van der Waals surface area contributed by atoms with Gasteiger partial charge in [0.25, 0.3) is 0 Å². The minimum atomic E-state index is 0. The molecule has 1 amide bonds. The highest BCUT2D eigenvalue weighted by atomic mass is 35.5. The maximum absolute atomic E-state index is 12.4. The van der Waals surface area contributed by atoms with E-state index in [0.29, 0.717) is 6.42 Å². The van der Waals surface area contributed by atoms with Crippen LogP contribution in [0.1, 0.15) is 37.8 Å². The zero-order chi connectivity index (χ0) is 14.4. The molecule has 0 radical (unpaired) electrons. The third kappa shape index (κ3) is 4.35. The first kappa shape index (κ1) is 17.8. The van der Waals surface area contributed by atoms with Gasteiger partial charge in [0.05, 0.1) is 13.2 Å². The van der Waals surface area contributed by atoms with Crippen molar-refractivity contribution >= 4 is 18.3 Å². The first-order valence-electron chi connectivity index (χ1n) is 7.41. The maximum Gasteiger partial charge on any atom is 0.223 e. The van der Waals surface area contributed by atoms with Crippen molar-refractivity contribution < 1.29 is 9.53 Å². The number of carbonyl (C=O) groups is 1. The average molecular weight is 313 g/mol. The van der Waals surface area contributed by atoms with E-state index in [4.69, 9.17) is 4.74 Å². The van der Waals surface area contributed by atoms with Crippen LogP contribution in [-0.4, -0.2) is 37.6 Å². The number of nitrogens with one attached hydrogen (secondary N) is 1. The third-order valence-corrected chi connectivity index (χ3v) is 3.81. The van der Waals surface area contributed by atoms with Crippen LogP contribution in [0.4, 0.5) is 0 Å². The van der Waals surface area contributed by atoms with Crippen LogP contribution in [0.25, 0.3) is 0 Å². The van der Waals surface area contributed by atoms with Gasteiger partial charge in [-0.1, -0.05) is 31.5 Å². The number of hydrogen-bond donors (Lipinski definition) is 1. The van der Waals surface area contributed by atoms with Gasteiger partial charge in [-0.05, 0) is 12.5 Å². The number of halogens is 1. The zero-order valence-corrected chi connectivity index (χ0v) is 13.6. The van der Waals surface area contributed by atoms with Crippen LogP contribution in [0, 0.1) is 0 Å². The highest BCUT2D eigenvalue weighted by Gasteiger charge is 2.29. The van der Waals surface area contributed by atoms with Gasteiger partial charge in [-0.3, -0.25) is 4.79 Å². The van der Waals surface area contributed by atoms with Crippen molar-refractivity contribution in [2.45, 2.75) is 32.2 Å². The number of carbonyl (C=O) groups excluding carboxylic acids is 1. The number of unbranched alkanes of at least 4 members (excludes halogenated alkanes) is 1. The lowest BCUT2D eigenvalue weighted by Crippen LogP contribution is -2.48. The minimum absolute atomic E-state index is 0. The Morgan fingerprint density at radius 1 is 1.43 bits per heavy atom. The predicted molar refractivity (Wildman–Crippen MR) is 87.1 cm³/mol. The van der Waals surface area contributed by atoms with Gasteiger partial charge < -0.3 is 15.0 Å². The molecule has 4 nitrogen and oxygen atoms in total. The molecule has 1 saturated heterocycles. The Morgan fingerprint density at radius 3 is 2.90 bits per heavy atom. The molecule has 1 aromatic rings. The van der Waals surface area contributed by atoms with Crippen molar-refractivity contribution in [2.24, 2.45) is 0 Å². The summed E-state index contributed by atoms with van der Waals surface area (Å²) in [4.78, 5) is 14.4. The molecule has 1 unspecified atom stereocenters. The molecular weight excluding hydrogens is 288 g/mol. The summed E-state index contributed by atoms with van der Waals surface area (Å²) >= 11 is 0.